The van der Waals surface area contributed by atoms with Crippen LogP contribution in [0.25, 0.3) is 0 Å². The van der Waals surface area contributed by atoms with Crippen LogP contribution < -0.4 is 0 Å². The summed E-state index contributed by atoms with van der Waals surface area (Å²) in [4.78, 5) is 23.2. The van der Waals surface area contributed by atoms with E-state index < -0.39 is 45.6 Å². The summed E-state index contributed by atoms with van der Waals surface area (Å²) >= 11 is 0. The van der Waals surface area contributed by atoms with Gasteiger partial charge in [-0.15, -0.1) is 0 Å². The highest BCUT2D eigenvalue weighted by atomic mass is 32.2. The van der Waals surface area contributed by atoms with Crippen LogP contribution in [0.1, 0.15) is 17.5 Å². The van der Waals surface area contributed by atoms with Gasteiger partial charge in [-0.2, -0.15) is 0 Å². The van der Waals surface area contributed by atoms with E-state index in [1.807, 2.05) is 36.4 Å². The number of aliphatic carboxylic acids is 1. The summed E-state index contributed by atoms with van der Waals surface area (Å²) < 4.78 is 29.8. The SMILES string of the molecule is O=C(O)CCS(=O)(=O)CC(Cc1ccccc1)C(=O)OCc1ccccc1. The van der Waals surface area contributed by atoms with Gasteiger partial charge in [0.1, 0.15) is 6.61 Å². The Morgan fingerprint density at radius 2 is 1.48 bits per heavy atom. The summed E-state index contributed by atoms with van der Waals surface area (Å²) in [5, 5.41) is 8.71. The van der Waals surface area contributed by atoms with E-state index in [2.05, 4.69) is 0 Å². The Balaban J connectivity index is 2.08. The smallest absolute Gasteiger partial charge is 0.310 e. The third-order valence-corrected chi connectivity index (χ3v) is 5.70. The van der Waals surface area contributed by atoms with Crippen molar-refractivity contribution >= 4 is 21.8 Å². The maximum Gasteiger partial charge on any atom is 0.310 e. The second kappa shape index (κ2) is 9.87. The Bertz CT molecular complexity index is 847. The summed E-state index contributed by atoms with van der Waals surface area (Å²) in [5.41, 5.74) is 1.62. The zero-order valence-electron chi connectivity index (χ0n) is 14.8. The predicted octanol–water partition coefficient (Wildman–Crippen LogP) is 2.48. The standard InChI is InChI=1S/C20H22O6S/c21-19(22)11-12-27(24,25)15-18(13-16-7-3-1-4-8-16)20(23)26-14-17-9-5-2-6-10-17/h1-10,18H,11-15H2,(H,21,22). The van der Waals surface area contributed by atoms with Crippen LogP contribution in [0.2, 0.25) is 0 Å². The number of benzene rings is 2. The molecule has 0 aliphatic rings. The Kier molecular flexibility index (Phi) is 7.55. The van der Waals surface area contributed by atoms with Crippen molar-refractivity contribution in [2.24, 2.45) is 5.92 Å². The average molecular weight is 390 g/mol. The first-order chi connectivity index (χ1) is 12.9. The lowest BCUT2D eigenvalue weighted by Gasteiger charge is -2.16. The first-order valence-corrected chi connectivity index (χ1v) is 10.3. The fourth-order valence-electron chi connectivity index (χ4n) is 2.59. The van der Waals surface area contributed by atoms with Crippen LogP contribution in [0.3, 0.4) is 0 Å². The molecule has 0 bridgehead atoms. The Morgan fingerprint density at radius 3 is 2.04 bits per heavy atom. The number of esters is 1. The molecular weight excluding hydrogens is 368 g/mol. The number of carbonyl (C=O) groups excluding carboxylic acids is 1. The molecule has 7 heteroatoms. The molecule has 0 aromatic heterocycles. The fourth-order valence-corrected chi connectivity index (χ4v) is 4.11. The van der Waals surface area contributed by atoms with Crippen molar-refractivity contribution in [1.82, 2.24) is 0 Å². The molecular formula is C20H22O6S. The van der Waals surface area contributed by atoms with E-state index in [-0.39, 0.29) is 13.0 Å². The lowest BCUT2D eigenvalue weighted by molar-refractivity contribution is -0.149. The molecule has 0 spiro atoms. The predicted molar refractivity (Wildman–Crippen MR) is 101 cm³/mol. The molecule has 0 fully saturated rings. The van der Waals surface area contributed by atoms with Crippen LogP contribution in [0.4, 0.5) is 0 Å². The van der Waals surface area contributed by atoms with Gasteiger partial charge in [0.05, 0.1) is 23.8 Å². The minimum Gasteiger partial charge on any atom is -0.481 e. The third kappa shape index (κ3) is 7.62. The Hall–Kier alpha value is -2.67. The van der Waals surface area contributed by atoms with Gasteiger partial charge >= 0.3 is 11.9 Å². The van der Waals surface area contributed by atoms with E-state index in [0.717, 1.165) is 11.1 Å². The number of carbonyl (C=O) groups is 2. The molecule has 144 valence electrons. The second-order valence-electron chi connectivity index (χ2n) is 6.24. The quantitative estimate of drug-likeness (QED) is 0.626. The Labute approximate surface area is 158 Å². The number of sulfone groups is 1. The molecule has 27 heavy (non-hydrogen) atoms. The molecule has 2 rings (SSSR count). The first-order valence-electron chi connectivity index (χ1n) is 8.52. The summed E-state index contributed by atoms with van der Waals surface area (Å²) in [7, 11) is -3.71. The maximum absolute atomic E-state index is 12.5. The van der Waals surface area contributed by atoms with E-state index in [4.69, 9.17) is 9.84 Å². The Morgan fingerprint density at radius 1 is 0.926 bits per heavy atom. The summed E-state index contributed by atoms with van der Waals surface area (Å²) in [6.45, 7) is 0.0557. The van der Waals surface area contributed by atoms with Crippen molar-refractivity contribution in [3.05, 3.63) is 71.8 Å². The number of rotatable bonds is 10. The van der Waals surface area contributed by atoms with Gasteiger partial charge in [-0.3, -0.25) is 9.59 Å². The highest BCUT2D eigenvalue weighted by molar-refractivity contribution is 7.91. The summed E-state index contributed by atoms with van der Waals surface area (Å²) in [5.74, 6) is -3.64. The van der Waals surface area contributed by atoms with Gasteiger partial charge in [-0.1, -0.05) is 60.7 Å². The lowest BCUT2D eigenvalue weighted by Crippen LogP contribution is -2.29. The minimum atomic E-state index is -3.71. The molecule has 2 aromatic rings. The van der Waals surface area contributed by atoms with Crippen molar-refractivity contribution in [2.75, 3.05) is 11.5 Å². The monoisotopic (exact) mass is 390 g/mol. The number of hydrogen-bond acceptors (Lipinski definition) is 5. The van der Waals surface area contributed by atoms with Crippen molar-refractivity contribution in [3.63, 3.8) is 0 Å². The van der Waals surface area contributed by atoms with E-state index in [1.54, 1.807) is 24.3 Å². The molecule has 1 atom stereocenters. The molecule has 0 saturated carbocycles. The van der Waals surface area contributed by atoms with Crippen LogP contribution in [-0.2, 0) is 37.2 Å². The van der Waals surface area contributed by atoms with Gasteiger partial charge in [-0.25, -0.2) is 8.42 Å². The van der Waals surface area contributed by atoms with Crippen molar-refractivity contribution in [2.45, 2.75) is 19.4 Å². The van der Waals surface area contributed by atoms with Crippen LogP contribution in [0, 0.1) is 5.92 Å². The molecule has 0 aliphatic heterocycles. The van der Waals surface area contributed by atoms with Gasteiger partial charge in [0, 0.05) is 0 Å². The molecule has 2 aromatic carbocycles. The number of ether oxygens (including phenoxy) is 1. The van der Waals surface area contributed by atoms with E-state index >= 15 is 0 Å². The van der Waals surface area contributed by atoms with Crippen molar-refractivity contribution in [1.29, 1.82) is 0 Å². The van der Waals surface area contributed by atoms with Crippen LogP contribution in [0.5, 0.6) is 0 Å². The van der Waals surface area contributed by atoms with Crippen LogP contribution >= 0.6 is 0 Å². The van der Waals surface area contributed by atoms with Crippen LogP contribution in [-0.4, -0.2) is 37.0 Å². The minimum absolute atomic E-state index is 0.0557. The van der Waals surface area contributed by atoms with E-state index in [1.165, 1.54) is 0 Å². The molecule has 6 nitrogen and oxygen atoms in total. The highest BCUT2D eigenvalue weighted by Gasteiger charge is 2.27. The van der Waals surface area contributed by atoms with Gasteiger partial charge in [0.2, 0.25) is 0 Å². The number of hydrogen-bond donors (Lipinski definition) is 1. The zero-order chi connectivity index (χ0) is 19.7. The van der Waals surface area contributed by atoms with Gasteiger partial charge in [0.25, 0.3) is 0 Å². The molecule has 0 amide bonds. The van der Waals surface area contributed by atoms with E-state index in [0.29, 0.717) is 0 Å². The first kappa shape index (κ1) is 20.6. The molecule has 0 heterocycles. The molecule has 0 saturated heterocycles. The van der Waals surface area contributed by atoms with Gasteiger partial charge < -0.3 is 9.84 Å². The normalized spacial score (nSPS) is 12.3. The van der Waals surface area contributed by atoms with Gasteiger partial charge in [0.15, 0.2) is 9.84 Å². The van der Waals surface area contributed by atoms with E-state index in [9.17, 15) is 18.0 Å². The molecule has 1 unspecified atom stereocenters. The highest BCUT2D eigenvalue weighted by Crippen LogP contribution is 2.15. The second-order valence-corrected chi connectivity index (χ2v) is 8.47. The topological polar surface area (TPSA) is 97.7 Å². The van der Waals surface area contributed by atoms with Gasteiger partial charge in [-0.05, 0) is 17.5 Å². The lowest BCUT2D eigenvalue weighted by atomic mass is 10.0. The zero-order valence-corrected chi connectivity index (χ0v) is 15.6. The average Bonchev–Trinajstić information content (AvgIpc) is 2.65. The fraction of sp³-hybridized carbons (Fsp3) is 0.300. The van der Waals surface area contributed by atoms with Crippen molar-refractivity contribution in [3.8, 4) is 0 Å². The molecule has 0 radical (unpaired) electrons. The summed E-state index contributed by atoms with van der Waals surface area (Å²) in [6, 6.07) is 18.2. The number of carboxylic acids is 1. The molecule has 0 aliphatic carbocycles. The number of carboxylic acid groups (broad SMARTS) is 1. The summed E-state index contributed by atoms with van der Waals surface area (Å²) in [6.07, 6.45) is -0.278. The maximum atomic E-state index is 12.5. The largest absolute Gasteiger partial charge is 0.481 e. The third-order valence-electron chi connectivity index (χ3n) is 3.96. The van der Waals surface area contributed by atoms with Crippen LogP contribution in [0.15, 0.2) is 60.7 Å². The molecule has 1 N–H and O–H groups in total. The van der Waals surface area contributed by atoms with Crippen molar-refractivity contribution < 1.29 is 27.9 Å².